The summed E-state index contributed by atoms with van der Waals surface area (Å²) < 4.78 is 0. The Kier molecular flexibility index (Phi) is 5.27. The maximum absolute atomic E-state index is 5.61. The van der Waals surface area contributed by atoms with Crippen LogP contribution in [-0.4, -0.2) is 15.0 Å². The minimum Gasteiger partial charge on any atom is -0.397 e. The fourth-order valence-corrected chi connectivity index (χ4v) is 2.08. The Bertz CT molecular complexity index is 871. The monoisotopic (exact) mass is 304 g/mol. The third-order valence-corrected chi connectivity index (χ3v) is 3.22. The molecule has 0 aliphatic rings. The second-order valence-electron chi connectivity index (χ2n) is 4.86. The molecule has 3 aromatic rings. The quantitative estimate of drug-likeness (QED) is 0.644. The number of nitrogens with two attached hydrogens (primary N) is 1. The van der Waals surface area contributed by atoms with Gasteiger partial charge in [0.1, 0.15) is 5.69 Å². The molecule has 2 N–H and O–H groups in total. The van der Waals surface area contributed by atoms with E-state index < -0.39 is 0 Å². The molecule has 116 valence electrons. The standard InChI is InChI=1S/C17H14N4.C2H6/c1-11-7-16-13(8-20-12(2)17(16)10-19-11)3-5-15-6-4-14(18)9-21-15;1-2/h4,6-10H,18H2,1-2H3;1-2H3. The van der Waals surface area contributed by atoms with Crippen LogP contribution in [0.3, 0.4) is 0 Å². The van der Waals surface area contributed by atoms with Gasteiger partial charge in [-0.3, -0.25) is 9.97 Å². The highest BCUT2D eigenvalue weighted by molar-refractivity contribution is 5.89. The molecular weight excluding hydrogens is 284 g/mol. The molecule has 0 amide bonds. The van der Waals surface area contributed by atoms with E-state index in [-0.39, 0.29) is 0 Å². The predicted molar refractivity (Wildman–Crippen MR) is 95.0 cm³/mol. The van der Waals surface area contributed by atoms with Crippen LogP contribution in [0.15, 0.2) is 36.8 Å². The van der Waals surface area contributed by atoms with Crippen molar-refractivity contribution in [3.8, 4) is 11.8 Å². The van der Waals surface area contributed by atoms with Crippen LogP contribution < -0.4 is 5.73 Å². The number of hydrogen-bond donors (Lipinski definition) is 1. The molecule has 3 aromatic heterocycles. The van der Waals surface area contributed by atoms with Crippen LogP contribution in [0.4, 0.5) is 5.69 Å². The summed E-state index contributed by atoms with van der Waals surface area (Å²) in [5.41, 5.74) is 9.71. The van der Waals surface area contributed by atoms with Gasteiger partial charge in [0.05, 0.1) is 17.4 Å². The number of pyridine rings is 3. The van der Waals surface area contributed by atoms with Crippen LogP contribution in [0.2, 0.25) is 0 Å². The summed E-state index contributed by atoms with van der Waals surface area (Å²) in [6.45, 7) is 7.94. The second kappa shape index (κ2) is 7.37. The molecule has 23 heavy (non-hydrogen) atoms. The van der Waals surface area contributed by atoms with E-state index in [0.29, 0.717) is 11.4 Å². The Hall–Kier alpha value is -2.93. The van der Waals surface area contributed by atoms with Gasteiger partial charge in [-0.25, -0.2) is 4.98 Å². The van der Waals surface area contributed by atoms with Crippen molar-refractivity contribution in [3.05, 3.63) is 59.4 Å². The lowest BCUT2D eigenvalue weighted by Crippen LogP contribution is -1.92. The van der Waals surface area contributed by atoms with Crippen LogP contribution in [-0.2, 0) is 0 Å². The van der Waals surface area contributed by atoms with Gasteiger partial charge in [0.15, 0.2) is 0 Å². The molecule has 0 fully saturated rings. The van der Waals surface area contributed by atoms with Crippen LogP contribution in [0, 0.1) is 25.7 Å². The van der Waals surface area contributed by atoms with E-state index in [0.717, 1.165) is 27.7 Å². The molecule has 0 bridgehead atoms. The van der Waals surface area contributed by atoms with Crippen molar-refractivity contribution in [2.24, 2.45) is 0 Å². The average molecular weight is 304 g/mol. The van der Waals surface area contributed by atoms with Crippen LogP contribution in [0.25, 0.3) is 10.8 Å². The molecule has 0 spiro atoms. The van der Waals surface area contributed by atoms with E-state index in [1.807, 2.05) is 40.0 Å². The zero-order chi connectivity index (χ0) is 16.8. The van der Waals surface area contributed by atoms with Crippen molar-refractivity contribution < 1.29 is 0 Å². The maximum atomic E-state index is 5.61. The van der Waals surface area contributed by atoms with Gasteiger partial charge in [-0.15, -0.1) is 0 Å². The van der Waals surface area contributed by atoms with Crippen molar-refractivity contribution in [3.63, 3.8) is 0 Å². The predicted octanol–water partition coefficient (Wildman–Crippen LogP) is 3.65. The number of aromatic nitrogens is 3. The minimum absolute atomic E-state index is 0.629. The van der Waals surface area contributed by atoms with Crippen molar-refractivity contribution in [2.75, 3.05) is 5.73 Å². The summed E-state index contributed by atoms with van der Waals surface area (Å²) in [7, 11) is 0. The molecule has 0 saturated heterocycles. The summed E-state index contributed by atoms with van der Waals surface area (Å²) in [5, 5.41) is 2.09. The highest BCUT2D eigenvalue weighted by atomic mass is 14.7. The van der Waals surface area contributed by atoms with Gasteiger partial charge in [-0.05, 0) is 38.0 Å². The van der Waals surface area contributed by atoms with Crippen LogP contribution in [0.1, 0.15) is 36.5 Å². The van der Waals surface area contributed by atoms with Gasteiger partial charge < -0.3 is 5.73 Å². The fraction of sp³-hybridized carbons (Fsp3) is 0.211. The summed E-state index contributed by atoms with van der Waals surface area (Å²) in [4.78, 5) is 12.9. The lowest BCUT2D eigenvalue weighted by Gasteiger charge is -2.04. The smallest absolute Gasteiger partial charge is 0.113 e. The summed E-state index contributed by atoms with van der Waals surface area (Å²) in [6, 6.07) is 5.62. The Labute approximate surface area is 136 Å². The van der Waals surface area contributed by atoms with Crippen molar-refractivity contribution >= 4 is 16.5 Å². The van der Waals surface area contributed by atoms with Crippen molar-refractivity contribution in [1.29, 1.82) is 0 Å². The van der Waals surface area contributed by atoms with Crippen molar-refractivity contribution in [1.82, 2.24) is 15.0 Å². The molecule has 3 rings (SSSR count). The van der Waals surface area contributed by atoms with Gasteiger partial charge in [0, 0.05) is 34.6 Å². The number of nitrogens with zero attached hydrogens (tertiary/aromatic N) is 3. The molecule has 0 saturated carbocycles. The third kappa shape index (κ3) is 3.83. The average Bonchev–Trinajstić information content (AvgIpc) is 2.57. The molecular formula is C19H20N4. The summed E-state index contributed by atoms with van der Waals surface area (Å²) >= 11 is 0. The molecule has 4 nitrogen and oxygen atoms in total. The number of fused-ring (bicyclic) bond motifs is 1. The molecule has 0 atom stereocenters. The highest BCUT2D eigenvalue weighted by Gasteiger charge is 2.04. The van der Waals surface area contributed by atoms with Gasteiger partial charge in [0.2, 0.25) is 0 Å². The molecule has 0 aliphatic carbocycles. The Morgan fingerprint density at radius 1 is 0.870 bits per heavy atom. The zero-order valence-corrected chi connectivity index (χ0v) is 13.9. The fourth-order valence-electron chi connectivity index (χ4n) is 2.08. The van der Waals surface area contributed by atoms with E-state index in [2.05, 4.69) is 26.8 Å². The number of aryl methyl sites for hydroxylation is 2. The first-order chi connectivity index (χ1) is 11.1. The SMILES string of the molecule is CC.Cc1cc2c(C#Cc3ccc(N)cn3)cnc(C)c2cn1. The topological polar surface area (TPSA) is 64.7 Å². The van der Waals surface area contributed by atoms with E-state index in [9.17, 15) is 0 Å². The number of hydrogen-bond acceptors (Lipinski definition) is 4. The lowest BCUT2D eigenvalue weighted by atomic mass is 10.1. The minimum atomic E-state index is 0.629. The lowest BCUT2D eigenvalue weighted by molar-refractivity contribution is 1.18. The summed E-state index contributed by atoms with van der Waals surface area (Å²) in [5.74, 6) is 6.18. The van der Waals surface area contributed by atoms with E-state index in [4.69, 9.17) is 5.73 Å². The largest absolute Gasteiger partial charge is 0.397 e. The Morgan fingerprint density at radius 3 is 2.35 bits per heavy atom. The first-order valence-electron chi connectivity index (χ1n) is 7.59. The molecule has 0 aromatic carbocycles. The Morgan fingerprint density at radius 2 is 1.65 bits per heavy atom. The number of anilines is 1. The van der Waals surface area contributed by atoms with E-state index in [1.54, 1.807) is 24.5 Å². The first kappa shape index (κ1) is 16.4. The first-order valence-corrected chi connectivity index (χ1v) is 7.59. The molecule has 0 unspecified atom stereocenters. The molecule has 0 radical (unpaired) electrons. The van der Waals surface area contributed by atoms with Crippen LogP contribution in [0.5, 0.6) is 0 Å². The van der Waals surface area contributed by atoms with E-state index >= 15 is 0 Å². The van der Waals surface area contributed by atoms with Crippen molar-refractivity contribution in [2.45, 2.75) is 27.7 Å². The second-order valence-corrected chi connectivity index (χ2v) is 4.86. The normalized spacial score (nSPS) is 9.57. The van der Waals surface area contributed by atoms with Crippen LogP contribution >= 0.6 is 0 Å². The van der Waals surface area contributed by atoms with Gasteiger partial charge in [-0.1, -0.05) is 19.8 Å². The zero-order valence-electron chi connectivity index (χ0n) is 13.9. The molecule has 4 heteroatoms. The van der Waals surface area contributed by atoms with Gasteiger partial charge in [0.25, 0.3) is 0 Å². The highest BCUT2D eigenvalue weighted by Crippen LogP contribution is 2.20. The Balaban J connectivity index is 0.000000924. The van der Waals surface area contributed by atoms with Gasteiger partial charge in [-0.2, -0.15) is 0 Å². The number of rotatable bonds is 0. The molecule has 0 aliphatic heterocycles. The maximum Gasteiger partial charge on any atom is 0.113 e. The number of nitrogen functional groups attached to an aromatic ring is 1. The van der Waals surface area contributed by atoms with Gasteiger partial charge >= 0.3 is 0 Å². The summed E-state index contributed by atoms with van der Waals surface area (Å²) in [6.07, 6.45) is 5.24. The molecule has 3 heterocycles. The third-order valence-electron chi connectivity index (χ3n) is 3.22. The van der Waals surface area contributed by atoms with E-state index in [1.165, 1.54) is 0 Å².